The number of amides is 2. The number of benzene rings is 1. The van der Waals surface area contributed by atoms with Gasteiger partial charge in [-0.15, -0.1) is 0 Å². The highest BCUT2D eigenvalue weighted by Gasteiger charge is 2.21. The van der Waals surface area contributed by atoms with Gasteiger partial charge in [-0.3, -0.25) is 14.6 Å². The normalized spacial score (nSPS) is 15.0. The molecule has 1 aliphatic rings. The number of nitrogens with zero attached hydrogens (tertiary/aromatic N) is 3. The minimum absolute atomic E-state index is 0.0541. The fourth-order valence-electron chi connectivity index (χ4n) is 3.07. The first-order valence-electron chi connectivity index (χ1n) is 8.77. The minimum atomic E-state index is -0.310. The Labute approximate surface area is 153 Å². The Morgan fingerprint density at radius 1 is 1.04 bits per heavy atom. The van der Waals surface area contributed by atoms with Crippen molar-refractivity contribution in [2.24, 2.45) is 0 Å². The largest absolute Gasteiger partial charge is 0.336 e. The van der Waals surface area contributed by atoms with Gasteiger partial charge in [0.1, 0.15) is 5.69 Å². The third-order valence-corrected chi connectivity index (χ3v) is 4.75. The van der Waals surface area contributed by atoms with Crippen molar-refractivity contribution >= 4 is 17.5 Å². The SMILES string of the molecule is Cc1cccc(C)c1NC(=O)c1cc(C(=O)N2CCN(C)CC2)ccn1. The molecule has 1 aliphatic heterocycles. The molecule has 1 aromatic heterocycles. The molecule has 0 spiro atoms. The van der Waals surface area contributed by atoms with Crippen molar-refractivity contribution < 1.29 is 9.59 Å². The molecule has 1 N–H and O–H groups in total. The van der Waals surface area contributed by atoms with Crippen LogP contribution in [0.1, 0.15) is 32.0 Å². The molecule has 0 bridgehead atoms. The van der Waals surface area contributed by atoms with E-state index in [-0.39, 0.29) is 17.5 Å². The lowest BCUT2D eigenvalue weighted by atomic mass is 10.1. The molecule has 2 heterocycles. The average Bonchev–Trinajstić information content (AvgIpc) is 2.65. The van der Waals surface area contributed by atoms with Crippen molar-refractivity contribution in [1.29, 1.82) is 0 Å². The maximum Gasteiger partial charge on any atom is 0.274 e. The van der Waals surface area contributed by atoms with Crippen molar-refractivity contribution in [2.45, 2.75) is 13.8 Å². The van der Waals surface area contributed by atoms with Gasteiger partial charge in [0.05, 0.1) is 0 Å². The molecule has 6 heteroatoms. The van der Waals surface area contributed by atoms with Gasteiger partial charge in [0, 0.05) is 43.6 Å². The summed E-state index contributed by atoms with van der Waals surface area (Å²) in [6.07, 6.45) is 1.52. The van der Waals surface area contributed by atoms with Gasteiger partial charge >= 0.3 is 0 Å². The Morgan fingerprint density at radius 3 is 2.35 bits per heavy atom. The molecule has 0 radical (unpaired) electrons. The van der Waals surface area contributed by atoms with Crippen LogP contribution in [0.25, 0.3) is 0 Å². The topological polar surface area (TPSA) is 65.5 Å². The Hall–Kier alpha value is -2.73. The summed E-state index contributed by atoms with van der Waals surface area (Å²) >= 11 is 0. The van der Waals surface area contributed by atoms with Crippen LogP contribution in [0, 0.1) is 13.8 Å². The van der Waals surface area contributed by atoms with E-state index in [0.717, 1.165) is 29.9 Å². The number of nitrogens with one attached hydrogen (secondary N) is 1. The van der Waals surface area contributed by atoms with E-state index in [9.17, 15) is 9.59 Å². The number of para-hydroxylation sites is 1. The van der Waals surface area contributed by atoms with E-state index in [4.69, 9.17) is 0 Å². The molecule has 26 heavy (non-hydrogen) atoms. The van der Waals surface area contributed by atoms with Crippen LogP contribution in [0.5, 0.6) is 0 Å². The highest BCUT2D eigenvalue weighted by molar-refractivity contribution is 6.05. The molecule has 1 aromatic carbocycles. The van der Waals surface area contributed by atoms with Crippen LogP contribution in [0.3, 0.4) is 0 Å². The van der Waals surface area contributed by atoms with E-state index in [0.29, 0.717) is 18.7 Å². The Kier molecular flexibility index (Phi) is 5.32. The van der Waals surface area contributed by atoms with Crippen molar-refractivity contribution in [3.8, 4) is 0 Å². The van der Waals surface area contributed by atoms with Crippen molar-refractivity contribution in [3.63, 3.8) is 0 Å². The second-order valence-corrected chi connectivity index (χ2v) is 6.75. The molecule has 2 amide bonds. The van der Waals surface area contributed by atoms with Gasteiger partial charge in [-0.05, 0) is 44.2 Å². The molecular formula is C20H24N4O2. The molecule has 0 atom stereocenters. The van der Waals surface area contributed by atoms with E-state index in [1.165, 1.54) is 6.20 Å². The summed E-state index contributed by atoms with van der Waals surface area (Å²) in [6, 6.07) is 9.08. The molecule has 2 aromatic rings. The lowest BCUT2D eigenvalue weighted by Crippen LogP contribution is -2.47. The van der Waals surface area contributed by atoms with Crippen LogP contribution >= 0.6 is 0 Å². The van der Waals surface area contributed by atoms with Crippen LogP contribution < -0.4 is 5.32 Å². The van der Waals surface area contributed by atoms with Crippen LogP contribution in [0.4, 0.5) is 5.69 Å². The smallest absolute Gasteiger partial charge is 0.274 e. The first-order valence-corrected chi connectivity index (χ1v) is 8.77. The molecular weight excluding hydrogens is 328 g/mol. The van der Waals surface area contributed by atoms with Crippen molar-refractivity contribution in [1.82, 2.24) is 14.8 Å². The van der Waals surface area contributed by atoms with E-state index in [1.807, 2.05) is 44.0 Å². The number of piperazine rings is 1. The van der Waals surface area contributed by atoms with Gasteiger partial charge < -0.3 is 15.1 Å². The predicted octanol–water partition coefficient (Wildman–Crippen LogP) is 2.34. The van der Waals surface area contributed by atoms with E-state index < -0.39 is 0 Å². The predicted molar refractivity (Wildman–Crippen MR) is 102 cm³/mol. The van der Waals surface area contributed by atoms with E-state index in [1.54, 1.807) is 12.1 Å². The third kappa shape index (κ3) is 3.91. The zero-order valence-corrected chi connectivity index (χ0v) is 15.5. The van der Waals surface area contributed by atoms with Crippen LogP contribution in [-0.4, -0.2) is 59.8 Å². The van der Waals surface area contributed by atoms with Crippen LogP contribution in [0.15, 0.2) is 36.5 Å². The summed E-state index contributed by atoms with van der Waals surface area (Å²) in [4.78, 5) is 33.5. The first-order chi connectivity index (χ1) is 12.5. The summed E-state index contributed by atoms with van der Waals surface area (Å²) in [5, 5.41) is 2.91. The molecule has 0 saturated carbocycles. The number of carbonyl (C=O) groups is 2. The van der Waals surface area contributed by atoms with E-state index in [2.05, 4.69) is 15.2 Å². The summed E-state index contributed by atoms with van der Waals surface area (Å²) in [7, 11) is 2.05. The van der Waals surface area contributed by atoms with Gasteiger partial charge in [-0.25, -0.2) is 0 Å². The number of hydrogen-bond acceptors (Lipinski definition) is 4. The lowest BCUT2D eigenvalue weighted by Gasteiger charge is -2.32. The van der Waals surface area contributed by atoms with Gasteiger partial charge in [0.15, 0.2) is 0 Å². The molecule has 1 saturated heterocycles. The number of carbonyl (C=O) groups excluding carboxylic acids is 2. The Balaban J connectivity index is 1.76. The molecule has 0 aliphatic carbocycles. The lowest BCUT2D eigenvalue weighted by molar-refractivity contribution is 0.0664. The number of pyridine rings is 1. The molecule has 1 fully saturated rings. The number of hydrogen-bond donors (Lipinski definition) is 1. The summed E-state index contributed by atoms with van der Waals surface area (Å²) < 4.78 is 0. The second kappa shape index (κ2) is 7.66. The standard InChI is InChI=1S/C20H24N4O2/c1-14-5-4-6-15(2)18(14)22-19(25)17-13-16(7-8-21-17)20(26)24-11-9-23(3)10-12-24/h4-8,13H,9-12H2,1-3H3,(H,22,25). The second-order valence-electron chi connectivity index (χ2n) is 6.75. The molecule has 6 nitrogen and oxygen atoms in total. The maximum absolute atomic E-state index is 12.7. The number of aromatic nitrogens is 1. The monoisotopic (exact) mass is 352 g/mol. The quantitative estimate of drug-likeness (QED) is 0.921. The van der Waals surface area contributed by atoms with Gasteiger partial charge in [-0.1, -0.05) is 18.2 Å². The molecule has 136 valence electrons. The number of anilines is 1. The summed E-state index contributed by atoms with van der Waals surface area (Å²) in [5.41, 5.74) is 3.50. The van der Waals surface area contributed by atoms with E-state index >= 15 is 0 Å². The van der Waals surface area contributed by atoms with Gasteiger partial charge in [-0.2, -0.15) is 0 Å². The van der Waals surface area contributed by atoms with Crippen molar-refractivity contribution in [3.05, 3.63) is 58.9 Å². The van der Waals surface area contributed by atoms with Crippen LogP contribution in [0.2, 0.25) is 0 Å². The number of rotatable bonds is 3. The van der Waals surface area contributed by atoms with Crippen molar-refractivity contribution in [2.75, 3.05) is 38.5 Å². The van der Waals surface area contributed by atoms with Gasteiger partial charge in [0.25, 0.3) is 11.8 Å². The molecule has 3 rings (SSSR count). The Morgan fingerprint density at radius 2 is 1.69 bits per heavy atom. The highest BCUT2D eigenvalue weighted by atomic mass is 16.2. The zero-order valence-electron chi connectivity index (χ0n) is 15.5. The fourth-order valence-corrected chi connectivity index (χ4v) is 3.07. The van der Waals surface area contributed by atoms with Gasteiger partial charge in [0.2, 0.25) is 0 Å². The summed E-state index contributed by atoms with van der Waals surface area (Å²) in [6.45, 7) is 7.00. The average molecular weight is 352 g/mol. The minimum Gasteiger partial charge on any atom is -0.336 e. The van der Waals surface area contributed by atoms with Crippen LogP contribution in [-0.2, 0) is 0 Å². The molecule has 0 unspecified atom stereocenters. The maximum atomic E-state index is 12.7. The highest BCUT2D eigenvalue weighted by Crippen LogP contribution is 2.20. The number of likely N-dealkylation sites (N-methyl/N-ethyl adjacent to an activating group) is 1. The number of aryl methyl sites for hydroxylation is 2. The fraction of sp³-hybridized carbons (Fsp3) is 0.350. The Bertz CT molecular complexity index is 806. The first kappa shape index (κ1) is 18.1. The summed E-state index contributed by atoms with van der Waals surface area (Å²) in [5.74, 6) is -0.364. The zero-order chi connectivity index (χ0) is 18.7. The third-order valence-electron chi connectivity index (χ3n) is 4.75.